The van der Waals surface area contributed by atoms with Gasteiger partial charge in [0.1, 0.15) is 0 Å². The lowest BCUT2D eigenvalue weighted by atomic mass is 9.90. The Morgan fingerprint density at radius 1 is 1.26 bits per heavy atom. The topological polar surface area (TPSA) is 24.7 Å². The Labute approximate surface area is 142 Å². The van der Waals surface area contributed by atoms with Gasteiger partial charge in [-0.1, -0.05) is 37.3 Å². The molecular weight excluding hydrogens is 280 g/mol. The average molecular weight is 313 g/mol. The van der Waals surface area contributed by atoms with Crippen LogP contribution in [-0.2, 0) is 19.3 Å². The summed E-state index contributed by atoms with van der Waals surface area (Å²) in [5.74, 6) is 0. The normalized spacial score (nSPS) is 12.1. The van der Waals surface area contributed by atoms with Gasteiger partial charge in [0.05, 0.1) is 5.70 Å². The van der Waals surface area contributed by atoms with Crippen LogP contribution < -0.4 is 0 Å². The molecule has 0 spiro atoms. The van der Waals surface area contributed by atoms with Crippen LogP contribution in [0.3, 0.4) is 0 Å². The summed E-state index contributed by atoms with van der Waals surface area (Å²) in [4.78, 5) is 0. The third-order valence-corrected chi connectivity index (χ3v) is 4.20. The van der Waals surface area contributed by atoms with Gasteiger partial charge in [0.15, 0.2) is 0 Å². The molecule has 2 heteroatoms. The summed E-state index contributed by atoms with van der Waals surface area (Å²) in [6, 6.07) is 4.73. The number of hydrogen-bond donors (Lipinski definition) is 0. The number of benzene rings is 1. The number of azo groups is 1. The van der Waals surface area contributed by atoms with Gasteiger partial charge in [-0.3, -0.25) is 0 Å². The molecule has 23 heavy (non-hydrogen) atoms. The molecule has 1 rings (SSSR count). The Kier molecular flexibility index (Phi) is 8.53. The SMILES string of the molecule is C=C(C)Cc1c(C)cc(CC)cc1CCCCC(=C/C)/N=N\C. The van der Waals surface area contributed by atoms with Crippen molar-refractivity contribution in [3.63, 3.8) is 0 Å². The first-order valence-electron chi connectivity index (χ1n) is 8.72. The fraction of sp³-hybridized carbons (Fsp3) is 0.524. The highest BCUT2D eigenvalue weighted by molar-refractivity contribution is 5.40. The Balaban J connectivity index is 2.77. The first-order chi connectivity index (χ1) is 11.0. The second-order valence-corrected chi connectivity index (χ2v) is 6.32. The van der Waals surface area contributed by atoms with Crippen molar-refractivity contribution < 1.29 is 0 Å². The summed E-state index contributed by atoms with van der Waals surface area (Å²) < 4.78 is 0. The van der Waals surface area contributed by atoms with Crippen LogP contribution in [0.2, 0.25) is 0 Å². The lowest BCUT2D eigenvalue weighted by molar-refractivity contribution is 0.714. The summed E-state index contributed by atoms with van der Waals surface area (Å²) in [7, 11) is 1.73. The van der Waals surface area contributed by atoms with Crippen LogP contribution in [0.15, 0.2) is 46.3 Å². The molecule has 0 unspecified atom stereocenters. The number of nitrogens with zero attached hydrogens (tertiary/aromatic N) is 2. The summed E-state index contributed by atoms with van der Waals surface area (Å²) in [5.41, 5.74) is 8.16. The predicted molar refractivity (Wildman–Crippen MR) is 101 cm³/mol. The number of allylic oxidation sites excluding steroid dienone is 3. The van der Waals surface area contributed by atoms with Crippen molar-refractivity contribution in [3.05, 3.63) is 58.3 Å². The molecule has 0 aromatic heterocycles. The van der Waals surface area contributed by atoms with E-state index in [-0.39, 0.29) is 0 Å². The monoisotopic (exact) mass is 312 g/mol. The van der Waals surface area contributed by atoms with E-state index in [1.807, 2.05) is 6.92 Å². The maximum atomic E-state index is 4.16. The van der Waals surface area contributed by atoms with Gasteiger partial charge in [0, 0.05) is 7.05 Å². The fourth-order valence-electron chi connectivity index (χ4n) is 2.96. The van der Waals surface area contributed by atoms with Gasteiger partial charge in [-0.25, -0.2) is 0 Å². The molecule has 0 bridgehead atoms. The van der Waals surface area contributed by atoms with Gasteiger partial charge in [0.2, 0.25) is 0 Å². The minimum atomic E-state index is 0.995. The van der Waals surface area contributed by atoms with Crippen LogP contribution in [-0.4, -0.2) is 7.05 Å². The van der Waals surface area contributed by atoms with E-state index in [0.29, 0.717) is 0 Å². The molecule has 0 radical (unpaired) electrons. The molecule has 0 N–H and O–H groups in total. The van der Waals surface area contributed by atoms with Crippen molar-refractivity contribution >= 4 is 0 Å². The molecule has 1 aromatic rings. The Morgan fingerprint density at radius 3 is 2.57 bits per heavy atom. The third kappa shape index (κ3) is 6.52. The first-order valence-corrected chi connectivity index (χ1v) is 8.72. The van der Waals surface area contributed by atoms with Crippen molar-refractivity contribution in [2.45, 2.75) is 66.2 Å². The van der Waals surface area contributed by atoms with Crippen molar-refractivity contribution in [2.75, 3.05) is 7.05 Å². The van der Waals surface area contributed by atoms with Crippen molar-refractivity contribution in [2.24, 2.45) is 10.2 Å². The minimum absolute atomic E-state index is 0.995. The number of hydrogen-bond acceptors (Lipinski definition) is 2. The molecule has 126 valence electrons. The highest BCUT2D eigenvalue weighted by Gasteiger charge is 2.08. The third-order valence-electron chi connectivity index (χ3n) is 4.20. The summed E-state index contributed by atoms with van der Waals surface area (Å²) in [6.45, 7) is 12.7. The smallest absolute Gasteiger partial charge is 0.0583 e. The second-order valence-electron chi connectivity index (χ2n) is 6.32. The molecule has 0 heterocycles. The van der Waals surface area contributed by atoms with E-state index in [1.165, 1.54) is 34.2 Å². The van der Waals surface area contributed by atoms with Crippen LogP contribution in [0.5, 0.6) is 0 Å². The molecule has 0 aliphatic heterocycles. The number of rotatable bonds is 9. The van der Waals surface area contributed by atoms with Crippen LogP contribution >= 0.6 is 0 Å². The van der Waals surface area contributed by atoms with E-state index in [4.69, 9.17) is 0 Å². The molecule has 0 atom stereocenters. The second kappa shape index (κ2) is 10.1. The fourth-order valence-corrected chi connectivity index (χ4v) is 2.96. The summed E-state index contributed by atoms with van der Waals surface area (Å²) >= 11 is 0. The van der Waals surface area contributed by atoms with Gasteiger partial charge < -0.3 is 0 Å². The first kappa shape index (κ1) is 19.3. The van der Waals surface area contributed by atoms with Crippen molar-refractivity contribution in [3.8, 4) is 0 Å². The maximum absolute atomic E-state index is 4.16. The van der Waals surface area contributed by atoms with Crippen molar-refractivity contribution in [1.29, 1.82) is 0 Å². The van der Waals surface area contributed by atoms with Crippen LogP contribution in [0.25, 0.3) is 0 Å². The van der Waals surface area contributed by atoms with Gasteiger partial charge in [0.25, 0.3) is 0 Å². The minimum Gasteiger partial charge on any atom is -0.192 e. The van der Waals surface area contributed by atoms with E-state index in [0.717, 1.165) is 37.8 Å². The molecule has 0 fully saturated rings. The van der Waals surface area contributed by atoms with Gasteiger partial charge in [-0.15, -0.1) is 0 Å². The highest BCUT2D eigenvalue weighted by atomic mass is 15.1. The molecule has 0 saturated carbocycles. The Morgan fingerprint density at radius 2 is 2.00 bits per heavy atom. The van der Waals surface area contributed by atoms with Crippen LogP contribution in [0.1, 0.15) is 62.3 Å². The van der Waals surface area contributed by atoms with E-state index in [2.05, 4.69) is 55.8 Å². The van der Waals surface area contributed by atoms with E-state index < -0.39 is 0 Å². The van der Waals surface area contributed by atoms with Gasteiger partial charge >= 0.3 is 0 Å². The van der Waals surface area contributed by atoms with Gasteiger partial charge in [-0.05, 0) is 81.5 Å². The molecule has 0 aliphatic carbocycles. The molecule has 0 aliphatic rings. The highest BCUT2D eigenvalue weighted by Crippen LogP contribution is 2.23. The van der Waals surface area contributed by atoms with E-state index >= 15 is 0 Å². The largest absolute Gasteiger partial charge is 0.192 e. The lowest BCUT2D eigenvalue weighted by Gasteiger charge is -2.15. The zero-order valence-corrected chi connectivity index (χ0v) is 15.6. The average Bonchev–Trinajstić information content (AvgIpc) is 2.52. The number of unbranched alkanes of at least 4 members (excludes halogenated alkanes) is 1. The zero-order chi connectivity index (χ0) is 17.2. The lowest BCUT2D eigenvalue weighted by Crippen LogP contribution is -2.01. The number of aryl methyl sites for hydroxylation is 3. The molecule has 1 aromatic carbocycles. The standard InChI is InChI=1S/C21H32N2/c1-7-18-14-17(5)21(13-16(3)4)19(15-18)11-9-10-12-20(8-2)23-22-6/h8,14-15H,3,7,9-13H2,1-2,4-6H3/b20-8-,23-22-. The van der Waals surface area contributed by atoms with Crippen molar-refractivity contribution in [1.82, 2.24) is 0 Å². The molecule has 0 amide bonds. The van der Waals surface area contributed by atoms with E-state index in [1.54, 1.807) is 7.05 Å². The quantitative estimate of drug-likeness (QED) is 0.287. The molecule has 2 nitrogen and oxygen atoms in total. The van der Waals surface area contributed by atoms with Crippen LogP contribution in [0.4, 0.5) is 0 Å². The summed E-state index contributed by atoms with van der Waals surface area (Å²) in [6.07, 6.45) is 8.64. The Hall–Kier alpha value is -1.70. The summed E-state index contributed by atoms with van der Waals surface area (Å²) in [5, 5.41) is 8.03. The maximum Gasteiger partial charge on any atom is 0.0583 e. The predicted octanol–water partition coefficient (Wildman–Crippen LogP) is 6.37. The zero-order valence-electron chi connectivity index (χ0n) is 15.6. The molecular formula is C21H32N2. The van der Waals surface area contributed by atoms with E-state index in [9.17, 15) is 0 Å². The van der Waals surface area contributed by atoms with Gasteiger partial charge in [-0.2, -0.15) is 10.2 Å². The Bertz CT molecular complexity index is 580. The van der Waals surface area contributed by atoms with Crippen LogP contribution in [0, 0.1) is 6.92 Å². The molecule has 0 saturated heterocycles.